The van der Waals surface area contributed by atoms with Crippen LogP contribution < -0.4 is 10.2 Å². The van der Waals surface area contributed by atoms with E-state index < -0.39 is 0 Å². The Morgan fingerprint density at radius 2 is 1.86 bits per heavy atom. The molecule has 0 spiro atoms. The minimum absolute atomic E-state index is 0.490. The topological polar surface area (TPSA) is 28.2 Å². The third kappa shape index (κ3) is 3.54. The van der Waals surface area contributed by atoms with Crippen LogP contribution in [-0.4, -0.2) is 24.6 Å². The van der Waals surface area contributed by atoms with E-state index in [4.69, 9.17) is 0 Å². The SMILES string of the molecule is CC(CNc1ccc(N2CCCC2)nc1)c1ccccc1. The Bertz CT molecular complexity index is 544. The number of nitrogens with zero attached hydrogens (tertiary/aromatic N) is 2. The summed E-state index contributed by atoms with van der Waals surface area (Å²) in [5.74, 6) is 1.60. The second-order valence-corrected chi connectivity index (χ2v) is 5.79. The Kier molecular flexibility index (Phi) is 4.39. The predicted octanol–water partition coefficient (Wildman–Crippen LogP) is 3.90. The quantitative estimate of drug-likeness (QED) is 0.901. The normalized spacial score (nSPS) is 16.0. The number of pyridine rings is 1. The maximum absolute atomic E-state index is 4.57. The number of aromatic nitrogens is 1. The molecule has 1 unspecified atom stereocenters. The van der Waals surface area contributed by atoms with Crippen LogP contribution in [0.25, 0.3) is 0 Å². The first kappa shape index (κ1) is 13.9. The molecule has 1 aromatic carbocycles. The molecule has 0 amide bonds. The first-order chi connectivity index (χ1) is 10.3. The van der Waals surface area contributed by atoms with Crippen molar-refractivity contribution >= 4 is 11.5 Å². The minimum atomic E-state index is 0.490. The van der Waals surface area contributed by atoms with E-state index in [1.807, 2.05) is 6.20 Å². The Hall–Kier alpha value is -2.03. The van der Waals surface area contributed by atoms with Crippen LogP contribution in [0.4, 0.5) is 11.5 Å². The van der Waals surface area contributed by atoms with Crippen LogP contribution in [0.1, 0.15) is 31.2 Å². The van der Waals surface area contributed by atoms with Crippen molar-refractivity contribution in [2.24, 2.45) is 0 Å². The van der Waals surface area contributed by atoms with Gasteiger partial charge in [-0.15, -0.1) is 0 Å². The standard InChI is InChI=1S/C18H23N3/c1-15(16-7-3-2-4-8-16)13-19-17-9-10-18(20-14-17)21-11-5-6-12-21/h2-4,7-10,14-15,19H,5-6,11-13H2,1H3. The number of nitrogens with one attached hydrogen (secondary N) is 1. The predicted molar refractivity (Wildman–Crippen MR) is 89.0 cm³/mol. The molecule has 0 radical (unpaired) electrons. The molecule has 2 aromatic rings. The highest BCUT2D eigenvalue weighted by molar-refractivity contribution is 5.49. The van der Waals surface area contributed by atoms with Crippen molar-refractivity contribution in [2.75, 3.05) is 29.9 Å². The highest BCUT2D eigenvalue weighted by atomic mass is 15.2. The fourth-order valence-electron chi connectivity index (χ4n) is 2.79. The van der Waals surface area contributed by atoms with Gasteiger partial charge in [0.15, 0.2) is 0 Å². The Balaban J connectivity index is 1.55. The van der Waals surface area contributed by atoms with E-state index in [-0.39, 0.29) is 0 Å². The molecule has 0 bridgehead atoms. The van der Waals surface area contributed by atoms with Gasteiger partial charge in [-0.2, -0.15) is 0 Å². The zero-order chi connectivity index (χ0) is 14.5. The summed E-state index contributed by atoms with van der Waals surface area (Å²) in [5.41, 5.74) is 2.47. The van der Waals surface area contributed by atoms with Crippen LogP contribution in [0.15, 0.2) is 48.7 Å². The molecule has 1 aliphatic heterocycles. The van der Waals surface area contributed by atoms with Crippen LogP contribution in [0.2, 0.25) is 0 Å². The molecule has 1 fully saturated rings. The van der Waals surface area contributed by atoms with E-state index in [1.54, 1.807) is 0 Å². The summed E-state index contributed by atoms with van der Waals surface area (Å²) in [5, 5.41) is 3.48. The maximum atomic E-state index is 4.57. The lowest BCUT2D eigenvalue weighted by Crippen LogP contribution is -2.18. The lowest BCUT2D eigenvalue weighted by Gasteiger charge is -2.17. The van der Waals surface area contributed by atoms with Gasteiger partial charge in [0.05, 0.1) is 11.9 Å². The third-order valence-electron chi connectivity index (χ3n) is 4.16. The lowest BCUT2D eigenvalue weighted by atomic mass is 10.0. The molecule has 3 rings (SSSR count). The molecule has 3 nitrogen and oxygen atoms in total. The summed E-state index contributed by atoms with van der Waals surface area (Å²) in [6.45, 7) is 5.46. The molecule has 3 heteroatoms. The second-order valence-electron chi connectivity index (χ2n) is 5.79. The van der Waals surface area contributed by atoms with E-state index in [1.165, 1.54) is 18.4 Å². The molecule has 1 N–H and O–H groups in total. The zero-order valence-corrected chi connectivity index (χ0v) is 12.6. The molecule has 110 valence electrons. The number of rotatable bonds is 5. The van der Waals surface area contributed by atoms with Gasteiger partial charge in [0, 0.05) is 19.6 Å². The molecule has 2 heterocycles. The number of hydrogen-bond donors (Lipinski definition) is 1. The number of benzene rings is 1. The van der Waals surface area contributed by atoms with Gasteiger partial charge in [0.2, 0.25) is 0 Å². The van der Waals surface area contributed by atoms with E-state index >= 15 is 0 Å². The second kappa shape index (κ2) is 6.61. The first-order valence-corrected chi connectivity index (χ1v) is 7.83. The zero-order valence-electron chi connectivity index (χ0n) is 12.6. The number of hydrogen-bond acceptors (Lipinski definition) is 3. The minimum Gasteiger partial charge on any atom is -0.383 e. The molecule has 1 aliphatic rings. The molecule has 1 saturated heterocycles. The van der Waals surface area contributed by atoms with Gasteiger partial charge in [-0.3, -0.25) is 0 Å². The van der Waals surface area contributed by atoms with E-state index in [0.717, 1.165) is 31.1 Å². The summed E-state index contributed by atoms with van der Waals surface area (Å²) in [6.07, 6.45) is 4.53. The van der Waals surface area contributed by atoms with Crippen molar-refractivity contribution in [3.63, 3.8) is 0 Å². The van der Waals surface area contributed by atoms with Gasteiger partial charge in [0.25, 0.3) is 0 Å². The summed E-state index contributed by atoms with van der Waals surface area (Å²) in [4.78, 5) is 6.93. The highest BCUT2D eigenvalue weighted by Crippen LogP contribution is 2.20. The van der Waals surface area contributed by atoms with E-state index in [0.29, 0.717) is 5.92 Å². The molecule has 0 saturated carbocycles. The summed E-state index contributed by atoms with van der Waals surface area (Å²) in [7, 11) is 0. The fraction of sp³-hybridized carbons (Fsp3) is 0.389. The van der Waals surface area contributed by atoms with Crippen molar-refractivity contribution in [1.82, 2.24) is 4.98 Å². The molecule has 1 aromatic heterocycles. The molecular weight excluding hydrogens is 258 g/mol. The van der Waals surface area contributed by atoms with E-state index in [9.17, 15) is 0 Å². The average molecular weight is 281 g/mol. The highest BCUT2D eigenvalue weighted by Gasteiger charge is 2.13. The van der Waals surface area contributed by atoms with Gasteiger partial charge < -0.3 is 10.2 Å². The van der Waals surface area contributed by atoms with Crippen LogP contribution in [0.5, 0.6) is 0 Å². The van der Waals surface area contributed by atoms with Gasteiger partial charge in [-0.25, -0.2) is 4.98 Å². The van der Waals surface area contributed by atoms with Crippen molar-refractivity contribution in [2.45, 2.75) is 25.7 Å². The molecule has 0 aliphatic carbocycles. The summed E-state index contributed by atoms with van der Waals surface area (Å²) < 4.78 is 0. The first-order valence-electron chi connectivity index (χ1n) is 7.83. The molecular formula is C18H23N3. The van der Waals surface area contributed by atoms with E-state index in [2.05, 4.69) is 64.6 Å². The Morgan fingerprint density at radius 1 is 1.10 bits per heavy atom. The average Bonchev–Trinajstić information content (AvgIpc) is 3.08. The van der Waals surface area contributed by atoms with Gasteiger partial charge >= 0.3 is 0 Å². The monoisotopic (exact) mass is 281 g/mol. The lowest BCUT2D eigenvalue weighted by molar-refractivity contribution is 0.804. The summed E-state index contributed by atoms with van der Waals surface area (Å²) in [6, 6.07) is 14.9. The van der Waals surface area contributed by atoms with Crippen molar-refractivity contribution in [3.05, 3.63) is 54.2 Å². The maximum Gasteiger partial charge on any atom is 0.128 e. The van der Waals surface area contributed by atoms with Crippen molar-refractivity contribution in [1.29, 1.82) is 0 Å². The molecule has 21 heavy (non-hydrogen) atoms. The largest absolute Gasteiger partial charge is 0.383 e. The van der Waals surface area contributed by atoms with Crippen LogP contribution in [0.3, 0.4) is 0 Å². The van der Waals surface area contributed by atoms with Crippen LogP contribution in [0, 0.1) is 0 Å². The van der Waals surface area contributed by atoms with Gasteiger partial charge in [-0.05, 0) is 36.5 Å². The Labute approximate surface area is 127 Å². The fourth-order valence-corrected chi connectivity index (χ4v) is 2.79. The third-order valence-corrected chi connectivity index (χ3v) is 4.16. The molecule has 1 atom stereocenters. The van der Waals surface area contributed by atoms with Crippen molar-refractivity contribution < 1.29 is 0 Å². The summed E-state index contributed by atoms with van der Waals surface area (Å²) >= 11 is 0. The van der Waals surface area contributed by atoms with Crippen LogP contribution >= 0.6 is 0 Å². The smallest absolute Gasteiger partial charge is 0.128 e. The van der Waals surface area contributed by atoms with Gasteiger partial charge in [-0.1, -0.05) is 37.3 Å². The van der Waals surface area contributed by atoms with Gasteiger partial charge in [0.1, 0.15) is 5.82 Å². The number of anilines is 2. The van der Waals surface area contributed by atoms with Crippen LogP contribution in [-0.2, 0) is 0 Å². The Morgan fingerprint density at radius 3 is 2.52 bits per heavy atom. The van der Waals surface area contributed by atoms with Crippen molar-refractivity contribution in [3.8, 4) is 0 Å².